The van der Waals surface area contributed by atoms with Gasteiger partial charge in [-0.05, 0) is 86.8 Å². The van der Waals surface area contributed by atoms with Crippen LogP contribution in [0, 0.1) is 0 Å². The van der Waals surface area contributed by atoms with Crippen LogP contribution in [0.4, 0.5) is 5.69 Å². The first-order valence-electron chi connectivity index (χ1n) is 13.9. The number of rotatable bonds is 6. The lowest BCUT2D eigenvalue weighted by atomic mass is 10.00. The predicted molar refractivity (Wildman–Crippen MR) is 160 cm³/mol. The number of carbonyl (C=O) groups is 1. The van der Waals surface area contributed by atoms with Crippen LogP contribution >= 0.6 is 12.4 Å². The van der Waals surface area contributed by atoms with Gasteiger partial charge in [0, 0.05) is 47.5 Å². The Morgan fingerprint density at radius 1 is 0.900 bits per heavy atom. The lowest BCUT2D eigenvalue weighted by Crippen LogP contribution is -2.44. The van der Waals surface area contributed by atoms with E-state index in [1.807, 2.05) is 47.3 Å². The fraction of sp³-hybridized carbons (Fsp3) is 0.323. The van der Waals surface area contributed by atoms with Gasteiger partial charge < -0.3 is 9.80 Å². The zero-order valence-electron chi connectivity index (χ0n) is 22.3. The molecule has 8 nitrogen and oxygen atoms in total. The Morgan fingerprint density at radius 3 is 2.55 bits per heavy atom. The quantitative estimate of drug-likeness (QED) is 0.261. The van der Waals surface area contributed by atoms with Gasteiger partial charge in [0.2, 0.25) is 0 Å². The van der Waals surface area contributed by atoms with Crippen LogP contribution in [0.15, 0.2) is 66.9 Å². The van der Waals surface area contributed by atoms with Crippen molar-refractivity contribution in [2.75, 3.05) is 31.1 Å². The number of likely N-dealkylation sites (tertiary alicyclic amines) is 1. The van der Waals surface area contributed by atoms with Crippen molar-refractivity contribution < 1.29 is 4.79 Å². The van der Waals surface area contributed by atoms with Gasteiger partial charge >= 0.3 is 0 Å². The summed E-state index contributed by atoms with van der Waals surface area (Å²) in [6.07, 6.45) is 7.71. The third kappa shape index (κ3) is 5.05. The molecule has 5 heterocycles. The van der Waals surface area contributed by atoms with Crippen LogP contribution in [0.25, 0.3) is 33.3 Å². The van der Waals surface area contributed by atoms with Crippen LogP contribution in [0.2, 0.25) is 0 Å². The van der Waals surface area contributed by atoms with Crippen LogP contribution in [0.1, 0.15) is 41.6 Å². The molecule has 0 aliphatic carbocycles. The van der Waals surface area contributed by atoms with Gasteiger partial charge in [-0.2, -0.15) is 0 Å². The van der Waals surface area contributed by atoms with E-state index in [1.165, 1.54) is 25.9 Å². The summed E-state index contributed by atoms with van der Waals surface area (Å²) in [6, 6.07) is 20.9. The highest BCUT2D eigenvalue weighted by Gasteiger charge is 2.27. The molecule has 5 aromatic rings. The molecule has 0 radical (unpaired) electrons. The van der Waals surface area contributed by atoms with Crippen molar-refractivity contribution in [2.24, 2.45) is 0 Å². The van der Waals surface area contributed by atoms with E-state index in [0.717, 1.165) is 82.4 Å². The molecule has 3 aromatic heterocycles. The molecule has 0 saturated carbocycles. The minimum Gasteiger partial charge on any atom is -0.371 e. The highest BCUT2D eigenvalue weighted by Crippen LogP contribution is 2.31. The van der Waals surface area contributed by atoms with Crippen LogP contribution in [-0.2, 0) is 6.54 Å². The van der Waals surface area contributed by atoms with Gasteiger partial charge in [-0.3, -0.25) is 9.78 Å². The molecule has 7 rings (SSSR count). The second-order valence-corrected chi connectivity index (χ2v) is 10.7. The van der Waals surface area contributed by atoms with Crippen molar-refractivity contribution in [2.45, 2.75) is 38.3 Å². The number of benzene rings is 2. The standard InChI is InChI=1S/C31H31N7O.ClH/c39-21-25-7-6-24(19-30(25)37-16-11-26(12-17-37)36-14-1-2-15-36)28-9-10-29-31(33-28)38(35-34-29)20-22-5-8-27-23(18-22)4-3-13-32-27;/h3-10,13,18-19,21,26H,1-2,11-12,14-17,20H2;1H. The molecule has 2 aliphatic heterocycles. The third-order valence-corrected chi connectivity index (χ3v) is 8.27. The Hall–Kier alpha value is -3.88. The minimum absolute atomic E-state index is 0. The average molecular weight is 554 g/mol. The molecule has 2 fully saturated rings. The van der Waals surface area contributed by atoms with E-state index in [-0.39, 0.29) is 12.4 Å². The highest BCUT2D eigenvalue weighted by molar-refractivity contribution is 5.87. The number of aldehydes is 1. The second-order valence-electron chi connectivity index (χ2n) is 10.7. The van der Waals surface area contributed by atoms with Gasteiger partial charge in [-0.15, -0.1) is 17.5 Å². The first-order chi connectivity index (χ1) is 19.2. The molecule has 204 valence electrons. The summed E-state index contributed by atoms with van der Waals surface area (Å²) in [5, 5.41) is 9.84. The molecule has 2 saturated heterocycles. The van der Waals surface area contributed by atoms with Gasteiger partial charge in [0.15, 0.2) is 11.9 Å². The Labute approximate surface area is 239 Å². The lowest BCUT2D eigenvalue weighted by Gasteiger charge is -2.38. The zero-order valence-corrected chi connectivity index (χ0v) is 23.1. The van der Waals surface area contributed by atoms with Crippen LogP contribution < -0.4 is 4.90 Å². The molecule has 2 aromatic carbocycles. The maximum Gasteiger partial charge on any atom is 0.179 e. The van der Waals surface area contributed by atoms with Crippen molar-refractivity contribution in [3.63, 3.8) is 0 Å². The van der Waals surface area contributed by atoms with Gasteiger partial charge in [0.25, 0.3) is 0 Å². The predicted octanol–water partition coefficient (Wildman–Crippen LogP) is 5.39. The molecule has 40 heavy (non-hydrogen) atoms. The Kier molecular flexibility index (Phi) is 7.45. The topological polar surface area (TPSA) is 80.0 Å². The number of nitrogens with zero attached hydrogens (tertiary/aromatic N) is 7. The zero-order chi connectivity index (χ0) is 26.2. The molecule has 0 amide bonds. The van der Waals surface area contributed by atoms with E-state index in [4.69, 9.17) is 4.98 Å². The smallest absolute Gasteiger partial charge is 0.179 e. The number of hydrogen-bond acceptors (Lipinski definition) is 7. The second kappa shape index (κ2) is 11.3. The van der Waals surface area contributed by atoms with Crippen molar-refractivity contribution in [3.05, 3.63) is 78.0 Å². The largest absolute Gasteiger partial charge is 0.371 e. The SMILES string of the molecule is Cl.O=Cc1ccc(-c2ccc3nnn(Cc4ccc5ncccc5c4)c3n2)cc1N1CCC(N2CCCC2)CC1. The maximum absolute atomic E-state index is 12.0. The number of anilines is 1. The van der Waals surface area contributed by atoms with Crippen molar-refractivity contribution in [3.8, 4) is 11.3 Å². The van der Waals surface area contributed by atoms with E-state index < -0.39 is 0 Å². The summed E-state index contributed by atoms with van der Waals surface area (Å²) in [6.45, 7) is 4.97. The number of halogens is 1. The van der Waals surface area contributed by atoms with E-state index >= 15 is 0 Å². The Morgan fingerprint density at radius 2 is 1.73 bits per heavy atom. The molecular weight excluding hydrogens is 522 g/mol. The van der Waals surface area contributed by atoms with E-state index in [0.29, 0.717) is 12.6 Å². The van der Waals surface area contributed by atoms with Crippen LogP contribution in [-0.4, -0.2) is 68.4 Å². The van der Waals surface area contributed by atoms with E-state index in [1.54, 1.807) is 0 Å². The third-order valence-electron chi connectivity index (χ3n) is 8.27. The van der Waals surface area contributed by atoms with E-state index in [9.17, 15) is 4.79 Å². The number of piperidine rings is 1. The number of pyridine rings is 2. The molecular formula is C31H32ClN7O. The number of fused-ring (bicyclic) bond motifs is 2. The summed E-state index contributed by atoms with van der Waals surface area (Å²) in [4.78, 5) is 26.4. The van der Waals surface area contributed by atoms with Gasteiger partial charge in [-0.1, -0.05) is 23.4 Å². The molecule has 0 spiro atoms. The summed E-state index contributed by atoms with van der Waals surface area (Å²) in [7, 11) is 0. The molecule has 9 heteroatoms. The first-order valence-corrected chi connectivity index (χ1v) is 13.9. The summed E-state index contributed by atoms with van der Waals surface area (Å²) in [5.41, 5.74) is 7.16. The summed E-state index contributed by atoms with van der Waals surface area (Å²) < 4.78 is 1.85. The Balaban J connectivity index is 0.00000289. The fourth-order valence-corrected chi connectivity index (χ4v) is 6.17. The molecule has 0 N–H and O–H groups in total. The molecule has 2 aliphatic rings. The summed E-state index contributed by atoms with van der Waals surface area (Å²) in [5.74, 6) is 0. The molecule has 0 atom stereocenters. The number of carbonyl (C=O) groups excluding carboxylic acids is 1. The van der Waals surface area contributed by atoms with Gasteiger partial charge in [0.05, 0.1) is 17.8 Å². The normalized spacial score (nSPS) is 16.4. The summed E-state index contributed by atoms with van der Waals surface area (Å²) >= 11 is 0. The average Bonchev–Trinajstić information content (AvgIpc) is 3.68. The van der Waals surface area contributed by atoms with Crippen molar-refractivity contribution >= 4 is 46.4 Å². The van der Waals surface area contributed by atoms with Crippen LogP contribution in [0.5, 0.6) is 0 Å². The van der Waals surface area contributed by atoms with Crippen molar-refractivity contribution in [1.29, 1.82) is 0 Å². The first kappa shape index (κ1) is 26.3. The highest BCUT2D eigenvalue weighted by atomic mass is 35.5. The lowest BCUT2D eigenvalue weighted by molar-refractivity contribution is 0.112. The van der Waals surface area contributed by atoms with Crippen molar-refractivity contribution in [1.82, 2.24) is 29.9 Å². The monoisotopic (exact) mass is 553 g/mol. The maximum atomic E-state index is 12.0. The number of aromatic nitrogens is 5. The van der Waals surface area contributed by atoms with E-state index in [2.05, 4.69) is 49.4 Å². The molecule has 0 unspecified atom stereocenters. The minimum atomic E-state index is 0. The molecule has 0 bridgehead atoms. The van der Waals surface area contributed by atoms with Gasteiger partial charge in [0.1, 0.15) is 5.52 Å². The number of hydrogen-bond donors (Lipinski definition) is 0. The Bertz CT molecular complexity index is 1650. The van der Waals surface area contributed by atoms with Crippen LogP contribution in [0.3, 0.4) is 0 Å². The fourth-order valence-electron chi connectivity index (χ4n) is 6.17. The van der Waals surface area contributed by atoms with Gasteiger partial charge in [-0.25, -0.2) is 9.67 Å².